The Kier molecular flexibility index (Phi) is 3.59. The summed E-state index contributed by atoms with van der Waals surface area (Å²) >= 11 is 0. The highest BCUT2D eigenvalue weighted by Gasteiger charge is 2.41. The Bertz CT molecular complexity index is 469. The van der Waals surface area contributed by atoms with Crippen molar-refractivity contribution in [3.8, 4) is 0 Å². The molecule has 0 amide bonds. The van der Waals surface area contributed by atoms with Crippen molar-refractivity contribution in [1.82, 2.24) is 0 Å². The second-order valence-corrected chi connectivity index (χ2v) is 7.32. The minimum atomic E-state index is 0.148. The Balaban J connectivity index is 2.27. The lowest BCUT2D eigenvalue weighted by molar-refractivity contribution is 0.101. The molecule has 1 fully saturated rings. The Morgan fingerprint density at radius 2 is 1.68 bits per heavy atom. The smallest absolute Gasteiger partial charge is 0.159 e. The molecule has 0 aliphatic heterocycles. The molecule has 0 N–H and O–H groups in total. The van der Waals surface area contributed by atoms with Gasteiger partial charge in [-0.25, -0.2) is 0 Å². The quantitative estimate of drug-likeness (QED) is 0.683. The molecule has 0 spiro atoms. The highest BCUT2D eigenvalue weighted by Crippen LogP contribution is 2.49. The van der Waals surface area contributed by atoms with E-state index in [-0.39, 0.29) is 11.2 Å². The van der Waals surface area contributed by atoms with Crippen molar-refractivity contribution in [3.05, 3.63) is 35.4 Å². The summed E-state index contributed by atoms with van der Waals surface area (Å²) in [6.45, 7) is 11.1. The van der Waals surface area contributed by atoms with E-state index in [1.807, 2.05) is 12.1 Å². The highest BCUT2D eigenvalue weighted by atomic mass is 16.1. The highest BCUT2D eigenvalue weighted by molar-refractivity contribution is 5.94. The maximum atomic E-state index is 11.4. The Morgan fingerprint density at radius 3 is 2.16 bits per heavy atom. The van der Waals surface area contributed by atoms with E-state index in [4.69, 9.17) is 0 Å². The summed E-state index contributed by atoms with van der Waals surface area (Å²) in [5, 5.41) is 0. The number of carbonyl (C=O) groups excluding carboxylic acids is 1. The number of Topliss-reactive ketones (excluding diaryl/α,β-unsaturated/α-hetero) is 1. The van der Waals surface area contributed by atoms with Crippen molar-refractivity contribution in [2.45, 2.75) is 59.3 Å². The van der Waals surface area contributed by atoms with E-state index in [1.165, 1.54) is 24.8 Å². The standard InChI is InChI=1S/C18H26O/c1-13-12-17(3,4)10-11-18(13,5)16-8-6-15(7-9-16)14(2)19/h6-9,13H,10-12H2,1-5H3. The molecule has 104 valence electrons. The zero-order valence-corrected chi connectivity index (χ0v) is 12.9. The van der Waals surface area contributed by atoms with E-state index in [9.17, 15) is 4.79 Å². The fourth-order valence-corrected chi connectivity index (χ4v) is 3.52. The normalized spacial score (nSPS) is 30.1. The van der Waals surface area contributed by atoms with Crippen LogP contribution in [0.3, 0.4) is 0 Å². The van der Waals surface area contributed by atoms with Crippen LogP contribution in [0.25, 0.3) is 0 Å². The molecule has 1 aliphatic carbocycles. The van der Waals surface area contributed by atoms with Gasteiger partial charge < -0.3 is 0 Å². The summed E-state index contributed by atoms with van der Waals surface area (Å²) in [6, 6.07) is 8.28. The van der Waals surface area contributed by atoms with E-state index >= 15 is 0 Å². The van der Waals surface area contributed by atoms with E-state index in [0.717, 1.165) is 5.56 Å². The predicted molar refractivity (Wildman–Crippen MR) is 80.6 cm³/mol. The van der Waals surface area contributed by atoms with Crippen LogP contribution in [0.2, 0.25) is 0 Å². The Morgan fingerprint density at radius 1 is 1.11 bits per heavy atom. The molecular formula is C18H26O. The topological polar surface area (TPSA) is 17.1 Å². The maximum Gasteiger partial charge on any atom is 0.159 e. The van der Waals surface area contributed by atoms with Crippen LogP contribution < -0.4 is 0 Å². The van der Waals surface area contributed by atoms with Crippen LogP contribution in [-0.4, -0.2) is 5.78 Å². The summed E-state index contributed by atoms with van der Waals surface area (Å²) in [4.78, 5) is 11.4. The first-order chi connectivity index (χ1) is 8.74. The molecule has 1 aromatic carbocycles. The third-order valence-electron chi connectivity index (χ3n) is 5.22. The minimum Gasteiger partial charge on any atom is -0.295 e. The average Bonchev–Trinajstić information content (AvgIpc) is 2.34. The molecule has 0 saturated heterocycles. The fourth-order valence-electron chi connectivity index (χ4n) is 3.52. The first kappa shape index (κ1) is 14.3. The van der Waals surface area contributed by atoms with Crippen molar-refractivity contribution >= 4 is 5.78 Å². The number of carbonyl (C=O) groups is 1. The van der Waals surface area contributed by atoms with E-state index in [2.05, 4.69) is 39.8 Å². The van der Waals surface area contributed by atoms with E-state index in [1.54, 1.807) is 6.92 Å². The molecule has 0 aromatic heterocycles. The zero-order chi connectivity index (χ0) is 14.3. The number of benzene rings is 1. The van der Waals surface area contributed by atoms with Gasteiger partial charge in [-0.2, -0.15) is 0 Å². The zero-order valence-electron chi connectivity index (χ0n) is 12.9. The van der Waals surface area contributed by atoms with Crippen molar-refractivity contribution in [1.29, 1.82) is 0 Å². The van der Waals surface area contributed by atoms with E-state index < -0.39 is 0 Å². The molecule has 1 nitrogen and oxygen atoms in total. The van der Waals surface area contributed by atoms with Gasteiger partial charge >= 0.3 is 0 Å². The average molecular weight is 258 g/mol. The lowest BCUT2D eigenvalue weighted by atomic mass is 9.58. The van der Waals surface area contributed by atoms with Crippen LogP contribution in [0.4, 0.5) is 0 Å². The Hall–Kier alpha value is -1.11. The lowest BCUT2D eigenvalue weighted by Crippen LogP contribution is -2.39. The fraction of sp³-hybridized carbons (Fsp3) is 0.611. The van der Waals surface area contributed by atoms with Crippen molar-refractivity contribution in [3.63, 3.8) is 0 Å². The monoisotopic (exact) mass is 258 g/mol. The summed E-state index contributed by atoms with van der Waals surface area (Å²) in [6.07, 6.45) is 3.79. The molecule has 19 heavy (non-hydrogen) atoms. The molecule has 2 unspecified atom stereocenters. The maximum absolute atomic E-state index is 11.4. The second-order valence-electron chi connectivity index (χ2n) is 7.32. The van der Waals surface area contributed by atoms with Gasteiger partial charge in [0.1, 0.15) is 0 Å². The number of hydrogen-bond acceptors (Lipinski definition) is 1. The van der Waals surface area contributed by atoms with Crippen LogP contribution in [-0.2, 0) is 5.41 Å². The minimum absolute atomic E-state index is 0.148. The molecule has 0 heterocycles. The predicted octanol–water partition coefficient (Wildman–Crippen LogP) is 4.99. The third-order valence-corrected chi connectivity index (χ3v) is 5.22. The van der Waals surface area contributed by atoms with Crippen LogP contribution >= 0.6 is 0 Å². The van der Waals surface area contributed by atoms with Crippen LogP contribution in [0.15, 0.2) is 24.3 Å². The molecule has 1 saturated carbocycles. The van der Waals surface area contributed by atoms with Crippen molar-refractivity contribution in [2.24, 2.45) is 11.3 Å². The van der Waals surface area contributed by atoms with Crippen LogP contribution in [0.5, 0.6) is 0 Å². The molecular weight excluding hydrogens is 232 g/mol. The number of hydrogen-bond donors (Lipinski definition) is 0. The van der Waals surface area contributed by atoms with Crippen molar-refractivity contribution in [2.75, 3.05) is 0 Å². The van der Waals surface area contributed by atoms with Gasteiger partial charge in [0.15, 0.2) is 5.78 Å². The molecule has 0 bridgehead atoms. The first-order valence-electron chi connectivity index (χ1n) is 7.36. The third kappa shape index (κ3) is 2.75. The number of rotatable bonds is 2. The molecule has 1 heteroatoms. The van der Waals surface area contributed by atoms with Gasteiger partial charge in [0, 0.05) is 5.56 Å². The molecule has 2 atom stereocenters. The van der Waals surface area contributed by atoms with Gasteiger partial charge in [-0.1, -0.05) is 52.0 Å². The van der Waals surface area contributed by atoms with Crippen molar-refractivity contribution < 1.29 is 4.79 Å². The largest absolute Gasteiger partial charge is 0.295 e. The van der Waals surface area contributed by atoms with Gasteiger partial charge in [-0.3, -0.25) is 4.79 Å². The molecule has 1 aliphatic rings. The molecule has 2 rings (SSSR count). The van der Waals surface area contributed by atoms with Gasteiger partial charge in [0.05, 0.1) is 0 Å². The summed E-state index contributed by atoms with van der Waals surface area (Å²) in [5.74, 6) is 0.828. The molecule has 0 radical (unpaired) electrons. The second kappa shape index (κ2) is 4.77. The Labute approximate surface area is 117 Å². The number of ketones is 1. The van der Waals surface area contributed by atoms with Gasteiger partial charge in [0.2, 0.25) is 0 Å². The van der Waals surface area contributed by atoms with Crippen LogP contribution in [0.1, 0.15) is 69.8 Å². The van der Waals surface area contributed by atoms with Gasteiger partial charge in [-0.05, 0) is 48.5 Å². The van der Waals surface area contributed by atoms with Gasteiger partial charge in [-0.15, -0.1) is 0 Å². The van der Waals surface area contributed by atoms with E-state index in [0.29, 0.717) is 11.3 Å². The first-order valence-corrected chi connectivity index (χ1v) is 7.36. The summed E-state index contributed by atoms with van der Waals surface area (Å²) < 4.78 is 0. The summed E-state index contributed by atoms with van der Waals surface area (Å²) in [5.41, 5.74) is 2.93. The SMILES string of the molecule is CC(=O)c1ccc(C2(C)CCC(C)(C)CC2C)cc1. The summed E-state index contributed by atoms with van der Waals surface area (Å²) in [7, 11) is 0. The lowest BCUT2D eigenvalue weighted by Gasteiger charge is -2.47. The van der Waals surface area contributed by atoms with Crippen LogP contribution in [0, 0.1) is 11.3 Å². The molecule has 1 aromatic rings. The van der Waals surface area contributed by atoms with Gasteiger partial charge in [0.25, 0.3) is 0 Å².